The first-order valence-electron chi connectivity index (χ1n) is 13.2. The zero-order chi connectivity index (χ0) is 26.2. The molecule has 0 bridgehead atoms. The Morgan fingerprint density at radius 3 is 2.11 bits per heavy atom. The summed E-state index contributed by atoms with van der Waals surface area (Å²) >= 11 is 0. The summed E-state index contributed by atoms with van der Waals surface area (Å²) < 4.78 is 11.6. The Bertz CT molecular complexity index is 1330. The van der Waals surface area contributed by atoms with Crippen molar-refractivity contribution in [2.75, 3.05) is 0 Å². The Labute approximate surface area is 215 Å². The molecule has 7 aliphatic rings. The fourth-order valence-electron chi connectivity index (χ4n) is 9.21. The lowest BCUT2D eigenvalue weighted by molar-refractivity contribution is -0.169. The first-order chi connectivity index (χ1) is 17.5. The first-order valence-corrected chi connectivity index (χ1v) is 13.2. The van der Waals surface area contributed by atoms with E-state index in [0.29, 0.717) is 48.8 Å². The molecule has 2 heterocycles. The molecule has 9 atom stereocenters. The third kappa shape index (κ3) is 2.43. The zero-order valence-electron chi connectivity index (χ0n) is 20.7. The van der Waals surface area contributed by atoms with Crippen LogP contribution in [-0.4, -0.2) is 46.4 Å². The normalized spacial score (nSPS) is 46.5. The van der Waals surface area contributed by atoms with Crippen LogP contribution in [0.15, 0.2) is 59.8 Å². The highest BCUT2D eigenvalue weighted by molar-refractivity contribution is 6.14. The third-order valence-corrected chi connectivity index (χ3v) is 10.9. The van der Waals surface area contributed by atoms with Gasteiger partial charge in [-0.3, -0.25) is 9.59 Å². The minimum absolute atomic E-state index is 0.143. The van der Waals surface area contributed by atoms with Crippen molar-refractivity contribution < 1.29 is 33.8 Å². The number of rotatable bonds is 0. The fourth-order valence-corrected chi connectivity index (χ4v) is 9.21. The summed E-state index contributed by atoms with van der Waals surface area (Å²) in [5.41, 5.74) is -0.357. The standard InChI is InChI=1S/C30H30O7/c1-12-5-7-18-14(3)28(34)37-25(18)23-19(12)11-20(31)29(23)10-9-16-6-8-17-13(2)27(33)36-24(17)21-15(4)26(32)30(29,35)22(16)21/h17-19,21,23-25,35H,1-11H2/t17-,18-,19+,21+,23+,24+,25+,29-,30-/m1/s1. The van der Waals surface area contributed by atoms with E-state index < -0.39 is 52.8 Å². The van der Waals surface area contributed by atoms with Gasteiger partial charge in [0, 0.05) is 46.8 Å². The van der Waals surface area contributed by atoms with Crippen LogP contribution in [0.4, 0.5) is 0 Å². The second-order valence-corrected chi connectivity index (χ2v) is 12.0. The molecule has 5 aliphatic carbocycles. The van der Waals surface area contributed by atoms with Crippen molar-refractivity contribution in [2.24, 2.45) is 35.0 Å². The summed E-state index contributed by atoms with van der Waals surface area (Å²) in [6, 6.07) is 0. The van der Waals surface area contributed by atoms with E-state index in [-0.39, 0.29) is 42.0 Å². The van der Waals surface area contributed by atoms with Crippen LogP contribution in [0.2, 0.25) is 0 Å². The second-order valence-electron chi connectivity index (χ2n) is 12.0. The van der Waals surface area contributed by atoms with Crippen LogP contribution in [0.1, 0.15) is 44.9 Å². The Hall–Kier alpha value is -3.06. The van der Waals surface area contributed by atoms with Crippen LogP contribution in [0.5, 0.6) is 0 Å². The lowest BCUT2D eigenvalue weighted by Crippen LogP contribution is -2.62. The highest BCUT2D eigenvalue weighted by Gasteiger charge is 2.77. The van der Waals surface area contributed by atoms with Crippen LogP contribution in [0.25, 0.3) is 0 Å². The number of aliphatic hydroxyl groups is 1. The van der Waals surface area contributed by atoms with E-state index >= 15 is 0 Å². The monoisotopic (exact) mass is 502 g/mol. The van der Waals surface area contributed by atoms with Crippen molar-refractivity contribution in [2.45, 2.75) is 62.8 Å². The molecular formula is C30H30O7. The summed E-state index contributed by atoms with van der Waals surface area (Å²) in [6.07, 6.45) is 2.06. The summed E-state index contributed by atoms with van der Waals surface area (Å²) in [4.78, 5) is 53.5. The van der Waals surface area contributed by atoms with Crippen LogP contribution in [-0.2, 0) is 28.7 Å². The molecule has 0 radical (unpaired) electrons. The maximum Gasteiger partial charge on any atom is 0.334 e. The Morgan fingerprint density at radius 2 is 1.41 bits per heavy atom. The highest BCUT2D eigenvalue weighted by atomic mass is 16.6. The summed E-state index contributed by atoms with van der Waals surface area (Å²) in [7, 11) is 0. The molecule has 1 spiro atoms. The van der Waals surface area contributed by atoms with Gasteiger partial charge in [-0.2, -0.15) is 0 Å². The van der Waals surface area contributed by atoms with Gasteiger partial charge < -0.3 is 14.6 Å². The van der Waals surface area contributed by atoms with Gasteiger partial charge in [-0.1, -0.05) is 37.5 Å². The molecule has 3 saturated carbocycles. The molecule has 1 N–H and O–H groups in total. The number of ether oxygens (including phenoxy) is 2. The number of hydrogen-bond donors (Lipinski definition) is 1. The average molecular weight is 503 g/mol. The van der Waals surface area contributed by atoms with Crippen molar-refractivity contribution in [3.05, 3.63) is 59.8 Å². The number of ketones is 2. The number of carbonyl (C=O) groups excluding carboxylic acids is 4. The van der Waals surface area contributed by atoms with Gasteiger partial charge in [-0.05, 0) is 50.0 Å². The van der Waals surface area contributed by atoms with Crippen molar-refractivity contribution in [1.29, 1.82) is 0 Å². The minimum atomic E-state index is -2.13. The predicted molar refractivity (Wildman–Crippen MR) is 131 cm³/mol. The van der Waals surface area contributed by atoms with Gasteiger partial charge in [0.2, 0.25) is 0 Å². The number of Topliss-reactive ketones (excluding diaryl/α,β-unsaturated/α-hetero) is 2. The average Bonchev–Trinajstić information content (AvgIpc) is 3.40. The smallest absolute Gasteiger partial charge is 0.334 e. The van der Waals surface area contributed by atoms with E-state index in [1.165, 1.54) is 0 Å². The molecule has 0 amide bonds. The predicted octanol–water partition coefficient (Wildman–Crippen LogP) is 3.09. The Morgan fingerprint density at radius 1 is 0.784 bits per heavy atom. The first kappa shape index (κ1) is 23.1. The molecule has 2 aliphatic heterocycles. The second kappa shape index (κ2) is 7.07. The van der Waals surface area contributed by atoms with Crippen molar-refractivity contribution in [3.8, 4) is 0 Å². The maximum absolute atomic E-state index is 14.2. The van der Waals surface area contributed by atoms with Crippen LogP contribution >= 0.6 is 0 Å². The van der Waals surface area contributed by atoms with E-state index in [9.17, 15) is 24.3 Å². The summed E-state index contributed by atoms with van der Waals surface area (Å²) in [5.74, 6) is -3.92. The number of carbonyl (C=O) groups is 4. The van der Waals surface area contributed by atoms with E-state index in [1.807, 2.05) is 0 Å². The highest BCUT2D eigenvalue weighted by Crippen LogP contribution is 2.69. The Balaban J connectivity index is 1.44. The van der Waals surface area contributed by atoms with E-state index in [1.54, 1.807) is 0 Å². The molecule has 0 aromatic heterocycles. The van der Waals surface area contributed by atoms with Gasteiger partial charge in [0.05, 0.1) is 5.41 Å². The number of hydrogen-bond acceptors (Lipinski definition) is 7. The van der Waals surface area contributed by atoms with Crippen LogP contribution in [0, 0.1) is 35.0 Å². The SMILES string of the molecule is C=C1C(=O)[C@]2(O)C3=C(CC[C@@H]4C(=C)C(=O)O[C@@H]4[C@@H]13)CC[C@]21C(=O)C[C@H]2C(=C)CC[C@@H]3C(=C)C(=O)O[C@@H]3[C@H]21. The van der Waals surface area contributed by atoms with Gasteiger partial charge in [-0.25, -0.2) is 9.59 Å². The van der Waals surface area contributed by atoms with Gasteiger partial charge in [0.1, 0.15) is 18.0 Å². The molecule has 5 fully saturated rings. The lowest BCUT2D eigenvalue weighted by Gasteiger charge is -2.51. The van der Waals surface area contributed by atoms with Gasteiger partial charge >= 0.3 is 11.9 Å². The number of esters is 2. The van der Waals surface area contributed by atoms with Gasteiger partial charge in [0.15, 0.2) is 11.4 Å². The molecule has 2 saturated heterocycles. The molecule has 0 unspecified atom stereocenters. The number of fused-ring (bicyclic) bond motifs is 7. The van der Waals surface area contributed by atoms with Crippen molar-refractivity contribution in [1.82, 2.24) is 0 Å². The fraction of sp³-hybridized carbons (Fsp3) is 0.533. The molecule has 0 aromatic carbocycles. The van der Waals surface area contributed by atoms with Crippen LogP contribution < -0.4 is 0 Å². The van der Waals surface area contributed by atoms with Gasteiger partial charge in [-0.15, -0.1) is 0 Å². The summed E-state index contributed by atoms with van der Waals surface area (Å²) in [6.45, 7) is 16.3. The van der Waals surface area contributed by atoms with Crippen molar-refractivity contribution in [3.63, 3.8) is 0 Å². The van der Waals surface area contributed by atoms with E-state index in [0.717, 1.165) is 11.1 Å². The van der Waals surface area contributed by atoms with Gasteiger partial charge in [0.25, 0.3) is 0 Å². The summed E-state index contributed by atoms with van der Waals surface area (Å²) in [5, 5.41) is 12.8. The van der Waals surface area contributed by atoms with E-state index in [2.05, 4.69) is 26.3 Å². The zero-order valence-corrected chi connectivity index (χ0v) is 20.7. The topological polar surface area (TPSA) is 107 Å². The van der Waals surface area contributed by atoms with Crippen molar-refractivity contribution >= 4 is 23.5 Å². The molecule has 37 heavy (non-hydrogen) atoms. The van der Waals surface area contributed by atoms with E-state index in [4.69, 9.17) is 9.47 Å². The Kier molecular flexibility index (Phi) is 4.41. The third-order valence-electron chi connectivity index (χ3n) is 10.9. The molecule has 0 aromatic rings. The molecule has 7 rings (SSSR count). The molecular weight excluding hydrogens is 472 g/mol. The lowest BCUT2D eigenvalue weighted by atomic mass is 9.53. The molecule has 192 valence electrons. The molecule has 7 nitrogen and oxygen atoms in total. The quantitative estimate of drug-likeness (QED) is 0.308. The molecule has 7 heteroatoms. The van der Waals surface area contributed by atoms with Crippen LogP contribution in [0.3, 0.4) is 0 Å². The minimum Gasteiger partial charge on any atom is -0.458 e. The largest absolute Gasteiger partial charge is 0.458 e. The maximum atomic E-state index is 14.2. The number of allylic oxidation sites excluding steroid dienone is 2.